The number of amides is 1. The Morgan fingerprint density at radius 3 is 2.43 bits per heavy atom. The molecule has 0 saturated carbocycles. The Morgan fingerprint density at radius 2 is 1.63 bits per heavy atom. The van der Waals surface area contributed by atoms with Crippen molar-refractivity contribution in [3.63, 3.8) is 0 Å². The van der Waals surface area contributed by atoms with Gasteiger partial charge in [0.1, 0.15) is 10.8 Å². The molecule has 1 amide bonds. The first kappa shape index (κ1) is 20.3. The van der Waals surface area contributed by atoms with Crippen molar-refractivity contribution in [3.8, 4) is 21.8 Å². The normalized spacial score (nSPS) is 10.7. The van der Waals surface area contributed by atoms with Gasteiger partial charge in [0.15, 0.2) is 0 Å². The van der Waals surface area contributed by atoms with E-state index in [0.29, 0.717) is 34.1 Å². The van der Waals surface area contributed by atoms with Crippen LogP contribution < -0.4 is 5.32 Å². The number of anilines is 1. The number of halogens is 1. The molecule has 6 heteroatoms. The predicted octanol–water partition coefficient (Wildman–Crippen LogP) is 6.74. The third kappa shape index (κ3) is 4.96. The monoisotopic (exact) mass is 434 g/mol. The summed E-state index contributed by atoms with van der Waals surface area (Å²) in [7, 11) is 0. The largest absolute Gasteiger partial charge is 0.325 e. The fourth-order valence-corrected chi connectivity index (χ4v) is 4.68. The molecule has 1 N–H and O–H groups in total. The number of benzene rings is 3. The highest BCUT2D eigenvalue weighted by molar-refractivity contribution is 7.99. The summed E-state index contributed by atoms with van der Waals surface area (Å²) in [6.45, 7) is 0. The second kappa shape index (κ2) is 9.69. The molecular formula is C24H19FN2OS2. The number of thioether (sulfide) groups is 1. The molecular weight excluding hydrogens is 415 g/mol. The van der Waals surface area contributed by atoms with E-state index in [2.05, 4.69) is 10.3 Å². The molecule has 0 saturated heterocycles. The molecule has 3 nitrogen and oxygen atoms in total. The Hall–Kier alpha value is -2.96. The first-order chi connectivity index (χ1) is 14.7. The molecule has 4 rings (SSSR count). The molecule has 0 spiro atoms. The van der Waals surface area contributed by atoms with Crippen LogP contribution in [0.2, 0.25) is 0 Å². The molecule has 0 radical (unpaired) electrons. The minimum Gasteiger partial charge on any atom is -0.325 e. The maximum absolute atomic E-state index is 14.1. The lowest BCUT2D eigenvalue weighted by Gasteiger charge is -2.09. The van der Waals surface area contributed by atoms with E-state index in [0.717, 1.165) is 10.5 Å². The quantitative estimate of drug-likeness (QED) is 0.328. The average molecular weight is 435 g/mol. The lowest BCUT2D eigenvalue weighted by Crippen LogP contribution is -2.12. The second-order valence-corrected chi connectivity index (χ2v) is 8.55. The summed E-state index contributed by atoms with van der Waals surface area (Å²) in [6.07, 6.45) is 0.408. The van der Waals surface area contributed by atoms with E-state index in [-0.39, 0.29) is 11.7 Å². The van der Waals surface area contributed by atoms with Gasteiger partial charge in [-0.15, -0.1) is 23.1 Å². The minimum absolute atomic E-state index is 0.0459. The summed E-state index contributed by atoms with van der Waals surface area (Å²) in [5.41, 5.74) is 2.72. The van der Waals surface area contributed by atoms with Gasteiger partial charge in [0.05, 0.1) is 11.4 Å². The molecule has 4 aromatic rings. The molecule has 1 aromatic heterocycles. The molecule has 0 aliphatic rings. The summed E-state index contributed by atoms with van der Waals surface area (Å²) in [4.78, 5) is 18.2. The highest BCUT2D eigenvalue weighted by Crippen LogP contribution is 2.33. The number of para-hydroxylation sites is 1. The van der Waals surface area contributed by atoms with Gasteiger partial charge in [-0.3, -0.25) is 4.79 Å². The molecule has 30 heavy (non-hydrogen) atoms. The van der Waals surface area contributed by atoms with Gasteiger partial charge in [0.25, 0.3) is 0 Å². The Kier molecular flexibility index (Phi) is 6.57. The summed E-state index contributed by atoms with van der Waals surface area (Å²) in [6, 6.07) is 24.2. The summed E-state index contributed by atoms with van der Waals surface area (Å²) >= 11 is 3.04. The van der Waals surface area contributed by atoms with Crippen molar-refractivity contribution in [2.45, 2.75) is 11.3 Å². The lowest BCUT2D eigenvalue weighted by atomic mass is 10.1. The third-order valence-electron chi connectivity index (χ3n) is 4.43. The van der Waals surface area contributed by atoms with Gasteiger partial charge >= 0.3 is 0 Å². The number of rotatable bonds is 7. The van der Waals surface area contributed by atoms with Gasteiger partial charge in [-0.25, -0.2) is 9.37 Å². The van der Waals surface area contributed by atoms with Gasteiger partial charge in [-0.1, -0.05) is 48.5 Å². The van der Waals surface area contributed by atoms with Crippen molar-refractivity contribution in [1.82, 2.24) is 4.98 Å². The molecule has 0 atom stereocenters. The zero-order valence-corrected chi connectivity index (χ0v) is 17.7. The lowest BCUT2D eigenvalue weighted by molar-refractivity contribution is -0.115. The van der Waals surface area contributed by atoms with E-state index in [9.17, 15) is 9.18 Å². The molecule has 0 bridgehead atoms. The Morgan fingerprint density at radius 1 is 0.933 bits per heavy atom. The van der Waals surface area contributed by atoms with E-state index >= 15 is 0 Å². The first-order valence-corrected chi connectivity index (χ1v) is 11.3. The van der Waals surface area contributed by atoms with E-state index in [1.807, 2.05) is 60.0 Å². The summed E-state index contributed by atoms with van der Waals surface area (Å²) < 4.78 is 14.1. The van der Waals surface area contributed by atoms with Crippen LogP contribution in [0.1, 0.15) is 6.42 Å². The fourth-order valence-electron chi connectivity index (χ4n) is 2.96. The number of aromatic nitrogens is 1. The van der Waals surface area contributed by atoms with Crippen LogP contribution in [0, 0.1) is 5.82 Å². The first-order valence-electron chi connectivity index (χ1n) is 9.48. The second-order valence-electron chi connectivity index (χ2n) is 6.52. The van der Waals surface area contributed by atoms with Gasteiger partial charge in [0.2, 0.25) is 5.91 Å². The van der Waals surface area contributed by atoms with Crippen LogP contribution in [0.3, 0.4) is 0 Å². The number of nitrogens with zero attached hydrogens (tertiary/aromatic N) is 1. The van der Waals surface area contributed by atoms with Crippen LogP contribution in [-0.2, 0) is 4.79 Å². The zero-order valence-electron chi connectivity index (χ0n) is 16.0. The Balaban J connectivity index is 1.45. The third-order valence-corrected chi connectivity index (χ3v) is 6.32. The topological polar surface area (TPSA) is 42.0 Å². The molecule has 3 aromatic carbocycles. The number of thiazole rings is 1. The highest BCUT2D eigenvalue weighted by Gasteiger charge is 2.14. The fraction of sp³-hybridized carbons (Fsp3) is 0.0833. The van der Waals surface area contributed by atoms with Crippen LogP contribution in [-0.4, -0.2) is 16.6 Å². The Labute approximate surface area is 183 Å². The van der Waals surface area contributed by atoms with Crippen LogP contribution in [0.15, 0.2) is 89.1 Å². The van der Waals surface area contributed by atoms with E-state index in [1.165, 1.54) is 17.4 Å². The van der Waals surface area contributed by atoms with E-state index < -0.39 is 0 Å². The number of nitrogens with one attached hydrogen (secondary N) is 1. The van der Waals surface area contributed by atoms with Gasteiger partial charge < -0.3 is 5.32 Å². The van der Waals surface area contributed by atoms with Crippen molar-refractivity contribution >= 4 is 34.7 Å². The highest BCUT2D eigenvalue weighted by atomic mass is 32.2. The van der Waals surface area contributed by atoms with Crippen molar-refractivity contribution in [1.29, 1.82) is 0 Å². The van der Waals surface area contributed by atoms with Gasteiger partial charge in [0, 0.05) is 33.6 Å². The maximum Gasteiger partial charge on any atom is 0.225 e. The van der Waals surface area contributed by atoms with Crippen molar-refractivity contribution in [2.24, 2.45) is 0 Å². The minimum atomic E-state index is -0.295. The van der Waals surface area contributed by atoms with Crippen molar-refractivity contribution < 1.29 is 9.18 Å². The van der Waals surface area contributed by atoms with Gasteiger partial charge in [-0.2, -0.15) is 0 Å². The van der Waals surface area contributed by atoms with Gasteiger partial charge in [-0.05, 0) is 30.3 Å². The van der Waals surface area contributed by atoms with Crippen LogP contribution in [0.5, 0.6) is 0 Å². The average Bonchev–Trinajstić information content (AvgIpc) is 3.25. The number of hydrogen-bond donors (Lipinski definition) is 1. The van der Waals surface area contributed by atoms with Crippen molar-refractivity contribution in [3.05, 3.63) is 90.1 Å². The number of hydrogen-bond acceptors (Lipinski definition) is 4. The number of carbonyl (C=O) groups excluding carboxylic acids is 1. The number of carbonyl (C=O) groups is 1. The predicted molar refractivity (Wildman–Crippen MR) is 123 cm³/mol. The van der Waals surface area contributed by atoms with Crippen LogP contribution in [0.4, 0.5) is 10.1 Å². The van der Waals surface area contributed by atoms with E-state index in [1.54, 1.807) is 30.0 Å². The molecule has 0 fully saturated rings. The standard InChI is InChI=1S/C24H19FN2OS2/c25-20-12-6-4-10-18(20)24-27-22(16-30-24)19-11-5-7-13-21(19)26-23(28)14-15-29-17-8-2-1-3-9-17/h1-13,16H,14-15H2,(H,26,28). The molecule has 1 heterocycles. The molecule has 0 aliphatic heterocycles. The van der Waals surface area contributed by atoms with E-state index in [4.69, 9.17) is 0 Å². The molecule has 0 unspecified atom stereocenters. The van der Waals surface area contributed by atoms with Crippen LogP contribution >= 0.6 is 23.1 Å². The molecule has 0 aliphatic carbocycles. The van der Waals surface area contributed by atoms with Crippen molar-refractivity contribution in [2.75, 3.05) is 11.1 Å². The van der Waals surface area contributed by atoms with Crippen LogP contribution in [0.25, 0.3) is 21.8 Å². The zero-order chi connectivity index (χ0) is 20.8. The Bertz CT molecular complexity index is 1140. The smallest absolute Gasteiger partial charge is 0.225 e. The summed E-state index contributed by atoms with van der Waals surface area (Å²) in [5, 5.41) is 5.50. The maximum atomic E-state index is 14.1. The summed E-state index contributed by atoms with van der Waals surface area (Å²) in [5.74, 6) is 0.359. The molecule has 150 valence electrons. The SMILES string of the molecule is O=C(CCSc1ccccc1)Nc1ccccc1-c1csc(-c2ccccc2F)n1.